The van der Waals surface area contributed by atoms with Crippen LogP contribution in [0.4, 0.5) is 10.2 Å². The summed E-state index contributed by atoms with van der Waals surface area (Å²) in [6.45, 7) is 10.6. The van der Waals surface area contributed by atoms with Gasteiger partial charge in [-0.25, -0.2) is 4.39 Å². The van der Waals surface area contributed by atoms with Gasteiger partial charge >= 0.3 is 6.01 Å². The van der Waals surface area contributed by atoms with E-state index in [9.17, 15) is 4.79 Å². The molecule has 0 radical (unpaired) electrons. The minimum atomic E-state index is -0.521. The molecule has 0 spiro atoms. The Bertz CT molecular complexity index is 1700. The minimum Gasteiger partial charge on any atom is -0.460 e. The summed E-state index contributed by atoms with van der Waals surface area (Å²) in [5.74, 6) is -0.0763. The van der Waals surface area contributed by atoms with Crippen molar-refractivity contribution < 1.29 is 13.9 Å². The van der Waals surface area contributed by atoms with E-state index in [1.54, 1.807) is 21.8 Å². The molecule has 0 unspecified atom stereocenters. The Labute approximate surface area is 250 Å². The van der Waals surface area contributed by atoms with E-state index in [0.717, 1.165) is 42.1 Å². The van der Waals surface area contributed by atoms with Gasteiger partial charge in [-0.15, -0.1) is 0 Å². The first-order valence-corrected chi connectivity index (χ1v) is 15.0. The number of anilines is 1. The van der Waals surface area contributed by atoms with Gasteiger partial charge in [0.15, 0.2) is 5.82 Å². The number of benzene rings is 2. The van der Waals surface area contributed by atoms with Crippen LogP contribution in [0.3, 0.4) is 0 Å². The molecule has 1 saturated heterocycles. The van der Waals surface area contributed by atoms with Crippen LogP contribution in [0.5, 0.6) is 6.01 Å². The highest BCUT2D eigenvalue weighted by molar-refractivity contribution is 6.35. The number of carbonyl (C=O) groups excluding carboxylic acids is 1. The standard InChI is InChI=1S/C32H36ClFN6O2/c1-6-25(41)39-16-20(4)40(17-19(39)3)31-23-14-24(33)27(26-18(2)12-13-21-15-35-38(5)30(21)26)28(34)29(23)36-32(37-31)42-22-10-8-7-9-11-22/h6,12-15,19-20,22H,1,7-11,16-17H2,2-5H3/t19-,20+/m1/s1. The van der Waals surface area contributed by atoms with Crippen molar-refractivity contribution in [2.24, 2.45) is 7.05 Å². The second-order valence-electron chi connectivity index (χ2n) is 11.7. The van der Waals surface area contributed by atoms with E-state index in [1.165, 1.54) is 12.5 Å². The van der Waals surface area contributed by atoms with Gasteiger partial charge in [0.1, 0.15) is 17.4 Å². The van der Waals surface area contributed by atoms with Gasteiger partial charge in [0.2, 0.25) is 5.91 Å². The molecule has 3 heterocycles. The Balaban J connectivity index is 1.55. The summed E-state index contributed by atoms with van der Waals surface area (Å²) in [5.41, 5.74) is 2.81. The van der Waals surface area contributed by atoms with Crippen LogP contribution in [-0.2, 0) is 11.8 Å². The van der Waals surface area contributed by atoms with E-state index in [0.29, 0.717) is 29.9 Å². The largest absolute Gasteiger partial charge is 0.460 e. The fourth-order valence-corrected chi connectivity index (χ4v) is 6.81. The Morgan fingerprint density at radius 3 is 2.62 bits per heavy atom. The fourth-order valence-electron chi connectivity index (χ4n) is 6.52. The van der Waals surface area contributed by atoms with Crippen molar-refractivity contribution in [2.45, 2.75) is 71.1 Å². The second-order valence-corrected chi connectivity index (χ2v) is 12.1. The summed E-state index contributed by atoms with van der Waals surface area (Å²) in [7, 11) is 1.84. The maximum Gasteiger partial charge on any atom is 0.319 e. The normalized spacial score (nSPS) is 20.0. The molecule has 8 nitrogen and oxygen atoms in total. The van der Waals surface area contributed by atoms with E-state index in [4.69, 9.17) is 21.3 Å². The summed E-state index contributed by atoms with van der Waals surface area (Å²) in [5, 5.41) is 6.08. The molecule has 2 aliphatic rings. The molecular formula is C32H36ClFN6O2. The first kappa shape index (κ1) is 28.4. The van der Waals surface area contributed by atoms with Gasteiger partial charge in [-0.3, -0.25) is 9.48 Å². The van der Waals surface area contributed by atoms with Crippen molar-refractivity contribution in [3.63, 3.8) is 0 Å². The maximum atomic E-state index is 16.9. The Morgan fingerprint density at radius 2 is 1.88 bits per heavy atom. The minimum absolute atomic E-state index is 0.0114. The van der Waals surface area contributed by atoms with Crippen molar-refractivity contribution in [3.05, 3.63) is 53.5 Å². The number of nitrogens with zero attached hydrogens (tertiary/aromatic N) is 6. The predicted octanol–water partition coefficient (Wildman–Crippen LogP) is 6.61. The molecule has 2 fully saturated rings. The third kappa shape index (κ3) is 4.87. The highest BCUT2D eigenvalue weighted by Gasteiger charge is 2.34. The molecule has 1 saturated carbocycles. The molecule has 2 atom stereocenters. The van der Waals surface area contributed by atoms with Gasteiger partial charge in [0.05, 0.1) is 16.7 Å². The van der Waals surface area contributed by atoms with Crippen LogP contribution in [-0.4, -0.2) is 61.8 Å². The van der Waals surface area contributed by atoms with E-state index >= 15 is 4.39 Å². The van der Waals surface area contributed by atoms with Crippen molar-refractivity contribution in [2.75, 3.05) is 18.0 Å². The molecular weight excluding hydrogens is 555 g/mol. The number of piperazine rings is 1. The first-order valence-electron chi connectivity index (χ1n) is 14.7. The van der Waals surface area contributed by atoms with Crippen LogP contribution in [0.2, 0.25) is 5.02 Å². The van der Waals surface area contributed by atoms with Gasteiger partial charge in [-0.1, -0.05) is 36.7 Å². The first-order chi connectivity index (χ1) is 20.2. The average molecular weight is 591 g/mol. The summed E-state index contributed by atoms with van der Waals surface area (Å²) in [6, 6.07) is 5.65. The number of hydrogen-bond acceptors (Lipinski definition) is 6. The summed E-state index contributed by atoms with van der Waals surface area (Å²) in [6.07, 6.45) is 8.29. The Kier molecular flexibility index (Phi) is 7.55. The average Bonchev–Trinajstić information content (AvgIpc) is 3.35. The molecule has 1 aliphatic carbocycles. The Morgan fingerprint density at radius 1 is 1.12 bits per heavy atom. The van der Waals surface area contributed by atoms with Crippen LogP contribution in [0.1, 0.15) is 51.5 Å². The molecule has 6 rings (SSSR count). The highest BCUT2D eigenvalue weighted by Crippen LogP contribution is 2.43. The molecule has 2 aromatic carbocycles. The lowest BCUT2D eigenvalue weighted by molar-refractivity contribution is -0.128. The van der Waals surface area contributed by atoms with Gasteiger partial charge < -0.3 is 14.5 Å². The molecule has 10 heteroatoms. The van der Waals surface area contributed by atoms with Crippen LogP contribution in [0.25, 0.3) is 32.9 Å². The molecule has 4 aromatic rings. The van der Waals surface area contributed by atoms with Gasteiger partial charge in [0, 0.05) is 54.1 Å². The van der Waals surface area contributed by atoms with Gasteiger partial charge in [0.25, 0.3) is 0 Å². The molecule has 0 N–H and O–H groups in total. The number of aromatic nitrogens is 4. The smallest absolute Gasteiger partial charge is 0.319 e. The number of rotatable bonds is 5. The maximum absolute atomic E-state index is 16.9. The van der Waals surface area contributed by atoms with Crippen molar-refractivity contribution in [3.8, 4) is 17.1 Å². The monoisotopic (exact) mass is 590 g/mol. The zero-order chi connectivity index (χ0) is 29.7. The second kappa shape index (κ2) is 11.2. The summed E-state index contributed by atoms with van der Waals surface area (Å²) < 4.78 is 25.0. The number of hydrogen-bond donors (Lipinski definition) is 0. The summed E-state index contributed by atoms with van der Waals surface area (Å²) in [4.78, 5) is 26.0. The number of ether oxygens (including phenoxy) is 1. The van der Waals surface area contributed by atoms with E-state index in [1.807, 2.05) is 40.0 Å². The van der Waals surface area contributed by atoms with E-state index in [2.05, 4.69) is 21.6 Å². The van der Waals surface area contributed by atoms with E-state index in [-0.39, 0.29) is 46.2 Å². The third-order valence-corrected chi connectivity index (χ3v) is 9.04. The zero-order valence-electron chi connectivity index (χ0n) is 24.5. The molecule has 220 valence electrons. The lowest BCUT2D eigenvalue weighted by Crippen LogP contribution is -2.58. The highest BCUT2D eigenvalue weighted by atomic mass is 35.5. The topological polar surface area (TPSA) is 76.4 Å². The van der Waals surface area contributed by atoms with Crippen molar-refractivity contribution in [1.29, 1.82) is 0 Å². The van der Waals surface area contributed by atoms with Crippen molar-refractivity contribution in [1.82, 2.24) is 24.6 Å². The third-order valence-electron chi connectivity index (χ3n) is 8.74. The molecule has 42 heavy (non-hydrogen) atoms. The fraction of sp³-hybridized carbons (Fsp3) is 0.438. The molecule has 1 aliphatic heterocycles. The number of fused-ring (bicyclic) bond motifs is 2. The van der Waals surface area contributed by atoms with Crippen LogP contribution in [0, 0.1) is 12.7 Å². The number of amides is 1. The summed E-state index contributed by atoms with van der Waals surface area (Å²) >= 11 is 6.95. The van der Waals surface area contributed by atoms with Gasteiger partial charge in [-0.2, -0.15) is 15.1 Å². The van der Waals surface area contributed by atoms with E-state index < -0.39 is 5.82 Å². The lowest BCUT2D eigenvalue weighted by Gasteiger charge is -2.44. The van der Waals surface area contributed by atoms with Crippen LogP contribution < -0.4 is 9.64 Å². The number of carbonyl (C=O) groups is 1. The Hall–Kier alpha value is -3.72. The SMILES string of the molecule is C=CC(=O)N1C[C@H](C)N(c2nc(OC3CCCCC3)nc3c(F)c(-c4c(C)ccc5cnn(C)c45)c(Cl)cc23)C[C@H]1C. The lowest BCUT2D eigenvalue weighted by atomic mass is 9.95. The van der Waals surface area contributed by atoms with Crippen LogP contribution in [0.15, 0.2) is 37.1 Å². The number of halogens is 2. The van der Waals surface area contributed by atoms with Crippen molar-refractivity contribution >= 4 is 45.1 Å². The van der Waals surface area contributed by atoms with Gasteiger partial charge in [-0.05, 0) is 64.2 Å². The predicted molar refractivity (Wildman–Crippen MR) is 165 cm³/mol. The molecule has 1 amide bonds. The van der Waals surface area contributed by atoms with Crippen LogP contribution >= 0.6 is 11.6 Å². The zero-order valence-corrected chi connectivity index (χ0v) is 25.3. The molecule has 2 aromatic heterocycles. The molecule has 0 bridgehead atoms. The number of aryl methyl sites for hydroxylation is 2. The quantitative estimate of drug-likeness (QED) is 0.244.